The van der Waals surface area contributed by atoms with E-state index in [4.69, 9.17) is 5.73 Å². The van der Waals surface area contributed by atoms with E-state index < -0.39 is 10.0 Å². The molecule has 1 aliphatic rings. The van der Waals surface area contributed by atoms with Crippen LogP contribution in [0.3, 0.4) is 0 Å². The van der Waals surface area contributed by atoms with Crippen LogP contribution in [0.5, 0.6) is 0 Å². The maximum Gasteiger partial charge on any atom is 0.244 e. The Kier molecular flexibility index (Phi) is 4.76. The highest BCUT2D eigenvalue weighted by Crippen LogP contribution is 2.32. The van der Waals surface area contributed by atoms with Crippen LogP contribution in [0.2, 0.25) is 0 Å². The number of nitrogen functional groups attached to an aromatic ring is 1. The summed E-state index contributed by atoms with van der Waals surface area (Å²) in [7, 11) is -1.83. The molecule has 0 atom stereocenters. The first-order valence-electron chi connectivity index (χ1n) is 6.85. The molecule has 0 unspecified atom stereocenters. The molecule has 2 rings (SSSR count). The number of sulfonamides is 1. The van der Waals surface area contributed by atoms with Crippen LogP contribution >= 0.6 is 15.9 Å². The van der Waals surface area contributed by atoms with Crippen molar-refractivity contribution >= 4 is 31.6 Å². The van der Waals surface area contributed by atoms with Crippen molar-refractivity contribution in [3.63, 3.8) is 0 Å². The first kappa shape index (κ1) is 15.8. The fourth-order valence-electron chi connectivity index (χ4n) is 2.68. The molecule has 0 heterocycles. The fraction of sp³-hybridized carbons (Fsp3) is 0.571. The van der Waals surface area contributed by atoms with Crippen molar-refractivity contribution in [3.8, 4) is 0 Å². The SMILES string of the molecule is CC1CCC(N(C)S(=O)(=O)c2cc(N)ccc2Br)CC1. The molecule has 1 aromatic carbocycles. The van der Waals surface area contributed by atoms with E-state index in [1.54, 1.807) is 19.2 Å². The van der Waals surface area contributed by atoms with Crippen molar-refractivity contribution < 1.29 is 8.42 Å². The van der Waals surface area contributed by atoms with Crippen LogP contribution in [-0.2, 0) is 10.0 Å². The Labute approximate surface area is 129 Å². The fourth-order valence-corrected chi connectivity index (χ4v) is 5.05. The lowest BCUT2D eigenvalue weighted by Crippen LogP contribution is -2.39. The number of rotatable bonds is 3. The predicted molar refractivity (Wildman–Crippen MR) is 84.9 cm³/mol. The molecule has 0 radical (unpaired) electrons. The third kappa shape index (κ3) is 3.18. The number of benzene rings is 1. The minimum absolute atomic E-state index is 0.0875. The van der Waals surface area contributed by atoms with Crippen LogP contribution in [-0.4, -0.2) is 25.8 Å². The molecule has 0 spiro atoms. The van der Waals surface area contributed by atoms with Gasteiger partial charge in [-0.15, -0.1) is 0 Å². The lowest BCUT2D eigenvalue weighted by Gasteiger charge is -2.33. The van der Waals surface area contributed by atoms with Gasteiger partial charge < -0.3 is 5.73 Å². The maximum atomic E-state index is 12.7. The van der Waals surface area contributed by atoms with Crippen molar-refractivity contribution in [2.24, 2.45) is 5.92 Å². The van der Waals surface area contributed by atoms with E-state index in [2.05, 4.69) is 22.9 Å². The van der Waals surface area contributed by atoms with Gasteiger partial charge >= 0.3 is 0 Å². The Hall–Kier alpha value is -0.590. The molecule has 1 fully saturated rings. The highest BCUT2D eigenvalue weighted by atomic mass is 79.9. The quantitative estimate of drug-likeness (QED) is 0.841. The summed E-state index contributed by atoms with van der Waals surface area (Å²) in [5, 5.41) is 0. The van der Waals surface area contributed by atoms with Crippen molar-refractivity contribution in [1.82, 2.24) is 4.31 Å². The Balaban J connectivity index is 2.27. The van der Waals surface area contributed by atoms with Gasteiger partial charge in [0.1, 0.15) is 0 Å². The van der Waals surface area contributed by atoms with Gasteiger partial charge in [0, 0.05) is 23.2 Å². The van der Waals surface area contributed by atoms with Gasteiger partial charge in [-0.05, 0) is 65.7 Å². The van der Waals surface area contributed by atoms with Gasteiger partial charge in [0.05, 0.1) is 4.90 Å². The number of hydrogen-bond acceptors (Lipinski definition) is 3. The van der Waals surface area contributed by atoms with Gasteiger partial charge in [0.15, 0.2) is 0 Å². The van der Waals surface area contributed by atoms with Crippen LogP contribution in [0.4, 0.5) is 5.69 Å². The molecule has 20 heavy (non-hydrogen) atoms. The lowest BCUT2D eigenvalue weighted by atomic mass is 9.87. The first-order valence-corrected chi connectivity index (χ1v) is 9.08. The second-order valence-corrected chi connectivity index (χ2v) is 8.45. The molecule has 0 saturated heterocycles. The van der Waals surface area contributed by atoms with Crippen LogP contribution in [0.15, 0.2) is 27.6 Å². The first-order chi connectivity index (χ1) is 9.32. The third-order valence-corrected chi connectivity index (χ3v) is 7.02. The summed E-state index contributed by atoms with van der Waals surface area (Å²) in [5.74, 6) is 0.696. The number of anilines is 1. The Morgan fingerprint density at radius 2 is 1.85 bits per heavy atom. The van der Waals surface area contributed by atoms with Crippen molar-refractivity contribution in [2.75, 3.05) is 12.8 Å². The van der Waals surface area contributed by atoms with Crippen molar-refractivity contribution in [1.29, 1.82) is 0 Å². The van der Waals surface area contributed by atoms with E-state index in [0.29, 0.717) is 16.1 Å². The standard InChI is InChI=1S/C14H21BrN2O2S/c1-10-3-6-12(7-4-10)17(2)20(18,19)14-9-11(16)5-8-13(14)15/h5,8-10,12H,3-4,6-7,16H2,1-2H3. The molecule has 1 aromatic rings. The Morgan fingerprint density at radius 3 is 2.45 bits per heavy atom. The van der Waals surface area contributed by atoms with Gasteiger partial charge in [-0.1, -0.05) is 6.92 Å². The summed E-state index contributed by atoms with van der Waals surface area (Å²) >= 11 is 3.31. The monoisotopic (exact) mass is 360 g/mol. The summed E-state index contributed by atoms with van der Waals surface area (Å²) in [5.41, 5.74) is 6.17. The van der Waals surface area contributed by atoms with Crippen LogP contribution < -0.4 is 5.73 Å². The zero-order chi connectivity index (χ0) is 14.9. The topological polar surface area (TPSA) is 63.4 Å². The molecule has 0 amide bonds. The highest BCUT2D eigenvalue weighted by Gasteiger charge is 2.31. The van der Waals surface area contributed by atoms with E-state index in [1.165, 1.54) is 10.4 Å². The number of hydrogen-bond donors (Lipinski definition) is 1. The number of nitrogens with zero attached hydrogens (tertiary/aromatic N) is 1. The minimum Gasteiger partial charge on any atom is -0.399 e. The number of halogens is 1. The zero-order valence-electron chi connectivity index (χ0n) is 11.8. The average Bonchev–Trinajstić information content (AvgIpc) is 2.41. The normalized spacial score (nSPS) is 24.0. The van der Waals surface area contributed by atoms with Crippen molar-refractivity contribution in [2.45, 2.75) is 43.5 Å². The molecule has 1 aliphatic carbocycles. The summed E-state index contributed by atoms with van der Waals surface area (Å²) in [4.78, 5) is 0.249. The predicted octanol–water partition coefficient (Wildman–Crippen LogP) is 3.23. The molecule has 4 nitrogen and oxygen atoms in total. The average molecular weight is 361 g/mol. The van der Waals surface area contributed by atoms with Gasteiger partial charge in [0.25, 0.3) is 0 Å². The molecule has 0 aliphatic heterocycles. The van der Waals surface area contributed by atoms with E-state index in [1.807, 2.05) is 0 Å². The molecule has 1 saturated carbocycles. The molecular weight excluding hydrogens is 340 g/mol. The maximum absolute atomic E-state index is 12.7. The van der Waals surface area contributed by atoms with Crippen LogP contribution in [0, 0.1) is 5.92 Å². The minimum atomic E-state index is -3.50. The highest BCUT2D eigenvalue weighted by molar-refractivity contribution is 9.10. The molecule has 0 aromatic heterocycles. The van der Waals surface area contributed by atoms with E-state index >= 15 is 0 Å². The number of nitrogens with two attached hydrogens (primary N) is 1. The van der Waals surface area contributed by atoms with Crippen molar-refractivity contribution in [3.05, 3.63) is 22.7 Å². The molecular formula is C14H21BrN2O2S. The largest absolute Gasteiger partial charge is 0.399 e. The van der Waals surface area contributed by atoms with Gasteiger partial charge in [0.2, 0.25) is 10.0 Å². The molecule has 2 N–H and O–H groups in total. The van der Waals surface area contributed by atoms with E-state index in [-0.39, 0.29) is 10.9 Å². The van der Waals surface area contributed by atoms with E-state index in [0.717, 1.165) is 25.7 Å². The third-order valence-electron chi connectivity index (χ3n) is 4.11. The summed E-state index contributed by atoms with van der Waals surface area (Å²) in [6.45, 7) is 2.22. The Morgan fingerprint density at radius 1 is 1.25 bits per heavy atom. The lowest BCUT2D eigenvalue weighted by molar-refractivity contribution is 0.246. The van der Waals surface area contributed by atoms with E-state index in [9.17, 15) is 8.42 Å². The van der Waals surface area contributed by atoms with Gasteiger partial charge in [-0.25, -0.2) is 8.42 Å². The summed E-state index contributed by atoms with van der Waals surface area (Å²) < 4.78 is 27.5. The molecule has 6 heteroatoms. The van der Waals surface area contributed by atoms with Crippen LogP contribution in [0.25, 0.3) is 0 Å². The molecule has 112 valence electrons. The molecule has 0 bridgehead atoms. The summed E-state index contributed by atoms with van der Waals surface area (Å²) in [6.07, 6.45) is 4.03. The van der Waals surface area contributed by atoms with Crippen LogP contribution in [0.1, 0.15) is 32.6 Å². The second-order valence-electron chi connectivity index (χ2n) is 5.62. The smallest absolute Gasteiger partial charge is 0.244 e. The van der Waals surface area contributed by atoms with Gasteiger partial charge in [-0.2, -0.15) is 4.31 Å². The zero-order valence-corrected chi connectivity index (χ0v) is 14.2. The Bertz CT molecular complexity index is 581. The summed E-state index contributed by atoms with van der Waals surface area (Å²) in [6, 6.07) is 4.97. The van der Waals surface area contributed by atoms with Gasteiger partial charge in [-0.3, -0.25) is 0 Å². The second kappa shape index (κ2) is 6.03.